The van der Waals surface area contributed by atoms with E-state index in [0.29, 0.717) is 24.5 Å². The van der Waals surface area contributed by atoms with Crippen LogP contribution in [0.2, 0.25) is 0 Å². The summed E-state index contributed by atoms with van der Waals surface area (Å²) in [6.45, 7) is 9.62. The van der Waals surface area contributed by atoms with Crippen LogP contribution in [-0.2, 0) is 0 Å². The van der Waals surface area contributed by atoms with Crippen molar-refractivity contribution in [1.29, 1.82) is 0 Å². The molecule has 1 heterocycles. The first-order valence-electron chi connectivity index (χ1n) is 7.61. The highest BCUT2D eigenvalue weighted by Gasteiger charge is 2.34. The van der Waals surface area contributed by atoms with E-state index < -0.39 is 0 Å². The minimum Gasteiger partial charge on any atom is -0.329 e. The van der Waals surface area contributed by atoms with Crippen LogP contribution in [0.4, 0.5) is 0 Å². The first-order chi connectivity index (χ1) is 9.42. The van der Waals surface area contributed by atoms with Gasteiger partial charge in [0, 0.05) is 31.7 Å². The van der Waals surface area contributed by atoms with Crippen LogP contribution in [0.3, 0.4) is 0 Å². The summed E-state index contributed by atoms with van der Waals surface area (Å²) in [6, 6.07) is 7.79. The largest absolute Gasteiger partial charge is 0.329 e. The predicted molar refractivity (Wildman–Crippen MR) is 85.9 cm³/mol. The zero-order chi connectivity index (χ0) is 14.9. The van der Waals surface area contributed by atoms with Gasteiger partial charge in [-0.3, -0.25) is 4.90 Å². The fraction of sp³-hybridized carbons (Fsp3) is 0.647. The molecule has 0 spiro atoms. The van der Waals surface area contributed by atoms with E-state index in [1.54, 1.807) is 0 Å². The maximum atomic E-state index is 6.10. The number of benzene rings is 1. The molecule has 1 saturated heterocycles. The van der Waals surface area contributed by atoms with Gasteiger partial charge in [0.15, 0.2) is 0 Å². The standard InChI is InChI=1S/C17H29N3/c1-12-6-13(2)8-15(7-12)16(9-18)20-10-14(3)17(11-20)19(4)5/h6-8,14,16-17H,9-11,18H2,1-5H3. The number of hydrogen-bond acceptors (Lipinski definition) is 3. The number of rotatable bonds is 4. The van der Waals surface area contributed by atoms with Gasteiger partial charge in [-0.15, -0.1) is 0 Å². The summed E-state index contributed by atoms with van der Waals surface area (Å²) in [5.74, 6) is 0.699. The van der Waals surface area contributed by atoms with E-state index in [9.17, 15) is 0 Å². The molecule has 2 rings (SSSR count). The number of likely N-dealkylation sites (N-methyl/N-ethyl adjacent to an activating group) is 1. The Balaban J connectivity index is 2.21. The summed E-state index contributed by atoms with van der Waals surface area (Å²) in [5.41, 5.74) is 10.1. The lowest BCUT2D eigenvalue weighted by Crippen LogP contribution is -2.36. The second kappa shape index (κ2) is 6.25. The van der Waals surface area contributed by atoms with Gasteiger partial charge < -0.3 is 10.6 Å². The predicted octanol–water partition coefficient (Wildman–Crippen LogP) is 2.19. The highest BCUT2D eigenvalue weighted by atomic mass is 15.3. The molecule has 2 N–H and O–H groups in total. The van der Waals surface area contributed by atoms with Crippen LogP contribution in [0, 0.1) is 19.8 Å². The quantitative estimate of drug-likeness (QED) is 0.914. The molecule has 0 radical (unpaired) electrons. The Kier molecular flexibility index (Phi) is 4.84. The third-order valence-electron chi connectivity index (χ3n) is 4.56. The van der Waals surface area contributed by atoms with E-state index in [4.69, 9.17) is 5.73 Å². The van der Waals surface area contributed by atoms with Crippen LogP contribution in [0.15, 0.2) is 18.2 Å². The highest BCUT2D eigenvalue weighted by Crippen LogP contribution is 2.29. The normalized spacial score (nSPS) is 25.4. The Morgan fingerprint density at radius 2 is 1.80 bits per heavy atom. The molecule has 0 amide bonds. The van der Waals surface area contributed by atoms with Crippen molar-refractivity contribution < 1.29 is 0 Å². The van der Waals surface area contributed by atoms with Gasteiger partial charge in [0.25, 0.3) is 0 Å². The summed E-state index contributed by atoms with van der Waals surface area (Å²) in [7, 11) is 4.36. The Morgan fingerprint density at radius 1 is 1.20 bits per heavy atom. The summed E-state index contributed by atoms with van der Waals surface area (Å²) in [5, 5.41) is 0. The lowest BCUT2D eigenvalue weighted by atomic mass is 10.0. The zero-order valence-electron chi connectivity index (χ0n) is 13.6. The van der Waals surface area contributed by atoms with Gasteiger partial charge in [-0.25, -0.2) is 0 Å². The molecule has 1 aromatic rings. The summed E-state index contributed by atoms with van der Waals surface area (Å²) >= 11 is 0. The minimum absolute atomic E-state index is 0.348. The van der Waals surface area contributed by atoms with Gasteiger partial charge in [0.2, 0.25) is 0 Å². The minimum atomic E-state index is 0.348. The molecule has 0 saturated carbocycles. The molecule has 0 bridgehead atoms. The molecule has 1 aromatic carbocycles. The van der Waals surface area contributed by atoms with E-state index in [2.05, 4.69) is 62.9 Å². The highest BCUT2D eigenvalue weighted by molar-refractivity contribution is 5.31. The maximum absolute atomic E-state index is 6.10. The van der Waals surface area contributed by atoms with Crippen LogP contribution >= 0.6 is 0 Å². The Hall–Kier alpha value is -0.900. The van der Waals surface area contributed by atoms with E-state index >= 15 is 0 Å². The van der Waals surface area contributed by atoms with Gasteiger partial charge in [-0.1, -0.05) is 36.2 Å². The van der Waals surface area contributed by atoms with Gasteiger partial charge in [-0.05, 0) is 39.4 Å². The number of hydrogen-bond donors (Lipinski definition) is 1. The summed E-state index contributed by atoms with van der Waals surface area (Å²) in [6.07, 6.45) is 0. The van der Waals surface area contributed by atoms with E-state index in [1.165, 1.54) is 16.7 Å². The molecule has 0 aliphatic carbocycles. The van der Waals surface area contributed by atoms with Crippen molar-refractivity contribution in [2.45, 2.75) is 32.9 Å². The van der Waals surface area contributed by atoms with Crippen molar-refractivity contribution in [2.75, 3.05) is 33.7 Å². The lowest BCUT2D eigenvalue weighted by Gasteiger charge is -2.28. The van der Waals surface area contributed by atoms with Crippen molar-refractivity contribution in [1.82, 2.24) is 9.80 Å². The van der Waals surface area contributed by atoms with Gasteiger partial charge in [0.1, 0.15) is 0 Å². The van der Waals surface area contributed by atoms with Crippen LogP contribution < -0.4 is 5.73 Å². The van der Waals surface area contributed by atoms with Gasteiger partial charge >= 0.3 is 0 Å². The molecule has 112 valence electrons. The molecular weight excluding hydrogens is 246 g/mol. The zero-order valence-corrected chi connectivity index (χ0v) is 13.6. The van der Waals surface area contributed by atoms with E-state index in [-0.39, 0.29) is 0 Å². The molecule has 1 aliphatic heterocycles. The van der Waals surface area contributed by atoms with Crippen molar-refractivity contribution in [3.63, 3.8) is 0 Å². The maximum Gasteiger partial charge on any atom is 0.0471 e. The fourth-order valence-electron chi connectivity index (χ4n) is 3.61. The third kappa shape index (κ3) is 3.22. The Bertz CT molecular complexity index is 435. The van der Waals surface area contributed by atoms with Crippen LogP contribution in [0.25, 0.3) is 0 Å². The van der Waals surface area contributed by atoms with Crippen LogP contribution in [0.5, 0.6) is 0 Å². The molecule has 0 aromatic heterocycles. The topological polar surface area (TPSA) is 32.5 Å². The SMILES string of the molecule is Cc1cc(C)cc(C(CN)N2CC(C)C(N(C)C)C2)c1. The number of likely N-dealkylation sites (tertiary alicyclic amines) is 1. The average molecular weight is 275 g/mol. The molecule has 20 heavy (non-hydrogen) atoms. The van der Waals surface area contributed by atoms with E-state index in [0.717, 1.165) is 13.1 Å². The Morgan fingerprint density at radius 3 is 2.25 bits per heavy atom. The molecule has 3 nitrogen and oxygen atoms in total. The molecular formula is C17H29N3. The van der Waals surface area contributed by atoms with Crippen LogP contribution in [0.1, 0.15) is 29.7 Å². The number of nitrogens with two attached hydrogens (primary N) is 1. The van der Waals surface area contributed by atoms with Crippen molar-refractivity contribution in [3.8, 4) is 0 Å². The molecule has 1 fully saturated rings. The second-order valence-electron chi connectivity index (χ2n) is 6.63. The van der Waals surface area contributed by atoms with E-state index in [1.807, 2.05) is 0 Å². The van der Waals surface area contributed by atoms with Crippen LogP contribution in [-0.4, -0.2) is 49.6 Å². The first-order valence-corrected chi connectivity index (χ1v) is 7.61. The summed E-state index contributed by atoms with van der Waals surface area (Å²) < 4.78 is 0. The molecule has 1 aliphatic rings. The van der Waals surface area contributed by atoms with Crippen molar-refractivity contribution in [3.05, 3.63) is 34.9 Å². The second-order valence-corrected chi connectivity index (χ2v) is 6.63. The smallest absolute Gasteiger partial charge is 0.0471 e. The van der Waals surface area contributed by atoms with Gasteiger partial charge in [0.05, 0.1) is 0 Å². The molecule has 3 atom stereocenters. The summed E-state index contributed by atoms with van der Waals surface area (Å²) in [4.78, 5) is 4.91. The monoisotopic (exact) mass is 275 g/mol. The first kappa shape index (κ1) is 15.5. The number of aryl methyl sites for hydroxylation is 2. The average Bonchev–Trinajstić information content (AvgIpc) is 2.71. The molecule has 3 heteroatoms. The molecule has 3 unspecified atom stereocenters. The number of nitrogens with zero attached hydrogens (tertiary/aromatic N) is 2. The van der Waals surface area contributed by atoms with Crippen molar-refractivity contribution >= 4 is 0 Å². The fourth-order valence-corrected chi connectivity index (χ4v) is 3.61. The van der Waals surface area contributed by atoms with Gasteiger partial charge in [-0.2, -0.15) is 0 Å². The lowest BCUT2D eigenvalue weighted by molar-refractivity contribution is 0.219. The van der Waals surface area contributed by atoms with Crippen molar-refractivity contribution in [2.24, 2.45) is 11.7 Å². The third-order valence-corrected chi connectivity index (χ3v) is 4.56. The Labute approximate surface area is 123 Å².